The minimum atomic E-state index is -4.87. The molecule has 1 aromatic rings. The molecule has 0 aliphatic heterocycles. The Morgan fingerprint density at radius 3 is 2.16 bits per heavy atom. The van der Waals surface area contributed by atoms with Crippen LogP contribution in [-0.2, 0) is 0 Å². The van der Waals surface area contributed by atoms with E-state index in [1.165, 1.54) is 37.8 Å². The van der Waals surface area contributed by atoms with Gasteiger partial charge in [-0.2, -0.15) is 0 Å². The van der Waals surface area contributed by atoms with Crippen molar-refractivity contribution in [2.75, 3.05) is 0 Å². The topological polar surface area (TPSA) is 9.23 Å². The van der Waals surface area contributed by atoms with Crippen molar-refractivity contribution in [1.29, 1.82) is 0 Å². The lowest BCUT2D eigenvalue weighted by Gasteiger charge is -2.36. The fourth-order valence-electron chi connectivity index (χ4n) is 4.13. The van der Waals surface area contributed by atoms with Crippen molar-refractivity contribution in [3.8, 4) is 5.75 Å². The van der Waals surface area contributed by atoms with Crippen LogP contribution in [0, 0.1) is 29.5 Å². The summed E-state index contributed by atoms with van der Waals surface area (Å²) in [5, 5.41) is 0. The van der Waals surface area contributed by atoms with Crippen LogP contribution in [0.15, 0.2) is 18.2 Å². The molecule has 25 heavy (non-hydrogen) atoms. The average Bonchev–Trinajstić information content (AvgIpc) is 2.56. The summed E-state index contributed by atoms with van der Waals surface area (Å²) < 4.78 is 54.3. The Labute approximate surface area is 146 Å². The highest BCUT2D eigenvalue weighted by Crippen LogP contribution is 2.44. The van der Waals surface area contributed by atoms with E-state index in [0.717, 1.165) is 43.6 Å². The molecule has 2 fully saturated rings. The van der Waals surface area contributed by atoms with Crippen LogP contribution in [0.5, 0.6) is 5.75 Å². The number of benzene rings is 1. The maximum atomic E-state index is 13.9. The summed E-state index contributed by atoms with van der Waals surface area (Å²) in [7, 11) is 0. The number of rotatable bonds is 3. The maximum absolute atomic E-state index is 13.9. The van der Waals surface area contributed by atoms with E-state index in [2.05, 4.69) is 11.7 Å². The molecule has 2 aliphatic carbocycles. The molecule has 0 N–H and O–H groups in total. The predicted molar refractivity (Wildman–Crippen MR) is 88.3 cm³/mol. The Balaban J connectivity index is 1.57. The molecule has 2 aliphatic rings. The van der Waals surface area contributed by atoms with Crippen molar-refractivity contribution in [3.05, 3.63) is 41.4 Å². The van der Waals surface area contributed by atoms with Gasteiger partial charge in [0.05, 0.1) is 0 Å². The minimum absolute atomic E-state index is 0.661. The van der Waals surface area contributed by atoms with Gasteiger partial charge in [0, 0.05) is 5.92 Å². The molecule has 0 aromatic heterocycles. The second-order valence-electron chi connectivity index (χ2n) is 7.41. The van der Waals surface area contributed by atoms with Crippen molar-refractivity contribution in [3.63, 3.8) is 0 Å². The molecule has 0 heterocycles. The first kappa shape index (κ1) is 18.5. The Morgan fingerprint density at radius 2 is 1.60 bits per heavy atom. The largest absolute Gasteiger partial charge is 0.573 e. The second kappa shape index (κ2) is 7.55. The normalized spacial score (nSPS) is 22.3. The quantitative estimate of drug-likeness (QED) is 0.553. The van der Waals surface area contributed by atoms with Crippen LogP contribution in [0.2, 0.25) is 0 Å². The first-order chi connectivity index (χ1) is 11.8. The van der Waals surface area contributed by atoms with E-state index in [1.54, 1.807) is 5.92 Å². The Kier molecular flexibility index (Phi) is 5.59. The smallest absolute Gasteiger partial charge is 0.403 e. The number of ether oxygens (including phenoxy) is 1. The zero-order valence-electron chi connectivity index (χ0n) is 14.5. The lowest BCUT2D eigenvalue weighted by molar-refractivity contribution is -0.275. The molecular weight excluding hydrogens is 332 g/mol. The van der Waals surface area contributed by atoms with Crippen LogP contribution < -0.4 is 4.74 Å². The zero-order valence-corrected chi connectivity index (χ0v) is 14.5. The summed E-state index contributed by atoms with van der Waals surface area (Å²) in [4.78, 5) is 0. The molecule has 0 saturated heterocycles. The fourth-order valence-corrected chi connectivity index (χ4v) is 4.13. The molecule has 138 valence electrons. The number of halogens is 4. The Bertz CT molecular complexity index is 568. The van der Waals surface area contributed by atoms with Gasteiger partial charge in [-0.15, -0.1) is 13.2 Å². The van der Waals surface area contributed by atoms with Gasteiger partial charge in [-0.3, -0.25) is 0 Å². The molecule has 2 saturated carbocycles. The average molecular weight is 356 g/mol. The van der Waals surface area contributed by atoms with Crippen molar-refractivity contribution in [2.45, 2.75) is 64.7 Å². The van der Waals surface area contributed by atoms with E-state index in [-0.39, 0.29) is 0 Å². The summed E-state index contributed by atoms with van der Waals surface area (Å²) in [6.07, 6.45) is 4.09. The van der Waals surface area contributed by atoms with Gasteiger partial charge in [-0.25, -0.2) is 4.39 Å². The van der Waals surface area contributed by atoms with E-state index in [0.29, 0.717) is 11.5 Å². The number of hydrogen-bond acceptors (Lipinski definition) is 1. The van der Waals surface area contributed by atoms with Gasteiger partial charge in [0.2, 0.25) is 0 Å². The summed E-state index contributed by atoms with van der Waals surface area (Å²) in [6, 6.07) is 3.79. The molecule has 0 spiro atoms. The van der Waals surface area contributed by atoms with Gasteiger partial charge in [0.15, 0.2) is 11.6 Å². The third-order valence-corrected chi connectivity index (χ3v) is 5.65. The van der Waals surface area contributed by atoms with Crippen molar-refractivity contribution < 1.29 is 22.3 Å². The van der Waals surface area contributed by atoms with Gasteiger partial charge in [-0.05, 0) is 74.0 Å². The highest BCUT2D eigenvalue weighted by molar-refractivity contribution is 5.37. The van der Waals surface area contributed by atoms with Crippen LogP contribution in [-0.4, -0.2) is 6.36 Å². The molecule has 3 rings (SSSR count). The minimum Gasteiger partial charge on any atom is -0.403 e. The van der Waals surface area contributed by atoms with Crippen LogP contribution >= 0.6 is 0 Å². The van der Waals surface area contributed by atoms with Crippen LogP contribution in [0.3, 0.4) is 0 Å². The number of hydrogen-bond donors (Lipinski definition) is 0. The van der Waals surface area contributed by atoms with Crippen molar-refractivity contribution in [2.24, 2.45) is 11.8 Å². The van der Waals surface area contributed by atoms with Gasteiger partial charge in [0.1, 0.15) is 0 Å². The summed E-state index contributed by atoms with van der Waals surface area (Å²) in [6.45, 7) is 2.31. The van der Waals surface area contributed by atoms with Crippen LogP contribution in [0.25, 0.3) is 0 Å². The predicted octanol–water partition coefficient (Wildman–Crippen LogP) is 6.62. The van der Waals surface area contributed by atoms with E-state index in [1.807, 2.05) is 0 Å². The Hall–Kier alpha value is -1.26. The van der Waals surface area contributed by atoms with Gasteiger partial charge in [-0.1, -0.05) is 25.8 Å². The van der Waals surface area contributed by atoms with Crippen molar-refractivity contribution >= 4 is 0 Å². The van der Waals surface area contributed by atoms with Crippen LogP contribution in [0.4, 0.5) is 17.6 Å². The fraction of sp³-hybridized carbons (Fsp3) is 0.600. The lowest BCUT2D eigenvalue weighted by atomic mass is 9.68. The zero-order chi connectivity index (χ0) is 18.0. The third kappa shape index (κ3) is 4.89. The summed E-state index contributed by atoms with van der Waals surface area (Å²) in [5.41, 5.74) is 0.702. The molecule has 0 atom stereocenters. The van der Waals surface area contributed by atoms with E-state index in [9.17, 15) is 17.6 Å². The third-order valence-electron chi connectivity index (χ3n) is 5.65. The monoisotopic (exact) mass is 356 g/mol. The first-order valence-corrected chi connectivity index (χ1v) is 9.07. The SMILES string of the molecule is CC1CC[C](C2CC[C](c3ccc(OC(F)(F)F)c(F)c3)CC2)CC1. The second-order valence-corrected chi connectivity index (χ2v) is 7.41. The molecule has 1 aromatic carbocycles. The highest BCUT2D eigenvalue weighted by Gasteiger charge is 2.33. The first-order valence-electron chi connectivity index (χ1n) is 9.07. The maximum Gasteiger partial charge on any atom is 0.573 e. The van der Waals surface area contributed by atoms with E-state index in [4.69, 9.17) is 0 Å². The molecule has 5 heteroatoms. The van der Waals surface area contributed by atoms with Gasteiger partial charge < -0.3 is 4.74 Å². The summed E-state index contributed by atoms with van der Waals surface area (Å²) in [5.74, 6) is 2.59. The molecule has 0 unspecified atom stereocenters. The molecule has 1 nitrogen and oxygen atoms in total. The molecule has 0 amide bonds. The van der Waals surface area contributed by atoms with E-state index < -0.39 is 17.9 Å². The molecular formula is C20H24F4O. The van der Waals surface area contributed by atoms with Gasteiger partial charge in [0.25, 0.3) is 0 Å². The number of alkyl halides is 3. The summed E-state index contributed by atoms with van der Waals surface area (Å²) >= 11 is 0. The molecule has 0 bridgehead atoms. The van der Waals surface area contributed by atoms with Gasteiger partial charge >= 0.3 is 6.36 Å². The van der Waals surface area contributed by atoms with E-state index >= 15 is 0 Å². The van der Waals surface area contributed by atoms with Crippen LogP contribution in [0.1, 0.15) is 63.9 Å². The lowest BCUT2D eigenvalue weighted by Crippen LogP contribution is -2.23. The Morgan fingerprint density at radius 1 is 0.960 bits per heavy atom. The standard InChI is InChI=1S/C20H24F4O/c1-13-2-4-14(5-3-13)15-6-8-16(9-7-15)17-10-11-19(18(21)12-17)25-20(22,23)24/h10-13,15H,2-9H2,1H3. The van der Waals surface area contributed by atoms with Crippen molar-refractivity contribution in [1.82, 2.24) is 0 Å². The molecule has 2 radical (unpaired) electrons. The highest BCUT2D eigenvalue weighted by atomic mass is 19.4.